The highest BCUT2D eigenvalue weighted by molar-refractivity contribution is 5.94. The molecular weight excluding hydrogens is 546 g/mol. The zero-order chi connectivity index (χ0) is 28.9. The molecule has 0 N–H and O–H groups in total. The van der Waals surface area contributed by atoms with Gasteiger partial charge in [-0.15, -0.1) is 0 Å². The number of esters is 2. The molecule has 0 fully saturated rings. The summed E-state index contributed by atoms with van der Waals surface area (Å²) in [6.07, 6.45) is -10.8. The minimum absolute atomic E-state index is 0.147. The second kappa shape index (κ2) is 11.4. The Bertz CT molecular complexity index is 1390. The second-order valence-corrected chi connectivity index (χ2v) is 7.92. The van der Waals surface area contributed by atoms with Gasteiger partial charge in [0.1, 0.15) is 45.8 Å². The van der Waals surface area contributed by atoms with Crippen molar-refractivity contribution in [3.8, 4) is 23.0 Å². The first-order chi connectivity index (χ1) is 18.9. The third-order valence-electron chi connectivity index (χ3n) is 5.08. The monoisotopic (exact) mass is 562 g/mol. The van der Waals surface area contributed by atoms with Gasteiger partial charge in [0.05, 0.1) is 0 Å². The number of hydrogen-bond acceptors (Lipinski definition) is 6. The van der Waals surface area contributed by atoms with Gasteiger partial charge in [-0.25, -0.2) is 18.4 Å². The molecule has 0 saturated carbocycles. The molecule has 0 aliphatic heterocycles. The van der Waals surface area contributed by atoms with Crippen LogP contribution in [0.5, 0.6) is 23.0 Å². The number of benzene rings is 4. The van der Waals surface area contributed by atoms with Gasteiger partial charge in [-0.2, -0.15) is 17.6 Å². The highest BCUT2D eigenvalue weighted by Crippen LogP contribution is 2.40. The van der Waals surface area contributed by atoms with Crippen LogP contribution in [0.15, 0.2) is 97.1 Å². The SMILES string of the molecule is O=C(Oc1ccc(F)cc1)c1ccccc1OC(F)(F)C(F)(F)Oc1ccccc1C(=O)Oc1ccc(F)cc1. The molecular formula is C28H16F6O6. The van der Waals surface area contributed by atoms with Crippen LogP contribution in [-0.4, -0.2) is 24.2 Å². The normalized spacial score (nSPS) is 11.4. The fourth-order valence-corrected chi connectivity index (χ4v) is 3.17. The minimum Gasteiger partial charge on any atom is -0.424 e. The van der Waals surface area contributed by atoms with Crippen LogP contribution in [0.1, 0.15) is 20.7 Å². The van der Waals surface area contributed by atoms with E-state index >= 15 is 0 Å². The van der Waals surface area contributed by atoms with E-state index in [1.165, 1.54) is 12.1 Å². The lowest BCUT2D eigenvalue weighted by molar-refractivity contribution is -0.379. The maximum atomic E-state index is 14.8. The molecule has 0 bridgehead atoms. The van der Waals surface area contributed by atoms with Crippen LogP contribution in [0.4, 0.5) is 26.3 Å². The zero-order valence-corrected chi connectivity index (χ0v) is 20.0. The Morgan fingerprint density at radius 2 is 0.825 bits per heavy atom. The van der Waals surface area contributed by atoms with Gasteiger partial charge in [0.25, 0.3) is 0 Å². The summed E-state index contributed by atoms with van der Waals surface area (Å²) in [5.41, 5.74) is -1.30. The lowest BCUT2D eigenvalue weighted by atomic mass is 10.2. The summed E-state index contributed by atoms with van der Waals surface area (Å²) in [4.78, 5) is 25.0. The Morgan fingerprint density at radius 3 is 1.18 bits per heavy atom. The molecule has 0 spiro atoms. The number of alkyl halides is 4. The average molecular weight is 562 g/mol. The van der Waals surface area contributed by atoms with Gasteiger partial charge in [0, 0.05) is 0 Å². The fraction of sp³-hybridized carbons (Fsp3) is 0.0714. The Labute approximate surface area is 222 Å². The van der Waals surface area contributed by atoms with Crippen molar-refractivity contribution in [2.45, 2.75) is 12.2 Å². The molecule has 206 valence electrons. The van der Waals surface area contributed by atoms with E-state index in [9.17, 15) is 35.9 Å². The zero-order valence-electron chi connectivity index (χ0n) is 20.0. The fourth-order valence-electron chi connectivity index (χ4n) is 3.17. The number of carbonyl (C=O) groups is 2. The summed E-state index contributed by atoms with van der Waals surface area (Å²) in [5, 5.41) is 0. The molecule has 0 aliphatic carbocycles. The van der Waals surface area contributed by atoms with E-state index in [2.05, 4.69) is 9.47 Å². The molecule has 4 rings (SSSR count). The van der Waals surface area contributed by atoms with E-state index in [1.807, 2.05) is 0 Å². The van der Waals surface area contributed by atoms with E-state index in [-0.39, 0.29) is 11.5 Å². The van der Waals surface area contributed by atoms with E-state index < -0.39 is 58.4 Å². The van der Waals surface area contributed by atoms with Crippen molar-refractivity contribution in [2.75, 3.05) is 0 Å². The van der Waals surface area contributed by atoms with Gasteiger partial charge < -0.3 is 18.9 Å². The molecule has 0 saturated heterocycles. The van der Waals surface area contributed by atoms with Crippen molar-refractivity contribution >= 4 is 11.9 Å². The number of carbonyl (C=O) groups excluding carboxylic acids is 2. The van der Waals surface area contributed by atoms with Gasteiger partial charge in [-0.05, 0) is 72.8 Å². The maximum Gasteiger partial charge on any atom is 0.507 e. The third-order valence-corrected chi connectivity index (χ3v) is 5.08. The summed E-state index contributed by atoms with van der Waals surface area (Å²) < 4.78 is 104. The molecule has 0 heterocycles. The van der Waals surface area contributed by atoms with Gasteiger partial charge in [-0.1, -0.05) is 24.3 Å². The second-order valence-electron chi connectivity index (χ2n) is 7.92. The minimum atomic E-state index is -5.38. The first kappa shape index (κ1) is 28.0. The molecule has 12 heteroatoms. The largest absolute Gasteiger partial charge is 0.507 e. The summed E-state index contributed by atoms with van der Waals surface area (Å²) in [6, 6.07) is 16.6. The highest BCUT2D eigenvalue weighted by atomic mass is 19.3. The van der Waals surface area contributed by atoms with Crippen LogP contribution in [0, 0.1) is 11.6 Å². The van der Waals surface area contributed by atoms with Crippen LogP contribution in [0.3, 0.4) is 0 Å². The molecule has 0 unspecified atom stereocenters. The Balaban J connectivity index is 1.53. The molecule has 40 heavy (non-hydrogen) atoms. The van der Waals surface area contributed by atoms with Gasteiger partial charge in [-0.3, -0.25) is 0 Å². The maximum absolute atomic E-state index is 14.8. The van der Waals surface area contributed by atoms with Crippen molar-refractivity contribution in [2.24, 2.45) is 0 Å². The topological polar surface area (TPSA) is 71.1 Å². The Kier molecular flexibility index (Phi) is 7.98. The summed E-state index contributed by atoms with van der Waals surface area (Å²) in [7, 11) is 0. The van der Waals surface area contributed by atoms with E-state index in [1.54, 1.807) is 0 Å². The van der Waals surface area contributed by atoms with Gasteiger partial charge in [0.15, 0.2) is 0 Å². The number of hydrogen-bond donors (Lipinski definition) is 0. The van der Waals surface area contributed by atoms with E-state index in [4.69, 9.17) is 9.47 Å². The third kappa shape index (κ3) is 6.52. The molecule has 0 amide bonds. The van der Waals surface area contributed by atoms with Crippen molar-refractivity contribution < 1.29 is 54.9 Å². The molecule has 4 aromatic carbocycles. The Morgan fingerprint density at radius 1 is 0.500 bits per heavy atom. The molecule has 6 nitrogen and oxygen atoms in total. The predicted molar refractivity (Wildman–Crippen MR) is 127 cm³/mol. The lowest BCUT2D eigenvalue weighted by Crippen LogP contribution is -2.50. The van der Waals surface area contributed by atoms with Crippen LogP contribution in [-0.2, 0) is 0 Å². The average Bonchev–Trinajstić information content (AvgIpc) is 2.91. The van der Waals surface area contributed by atoms with Crippen LogP contribution in [0.25, 0.3) is 0 Å². The Hall–Kier alpha value is -5.00. The van der Waals surface area contributed by atoms with E-state index in [0.29, 0.717) is 0 Å². The van der Waals surface area contributed by atoms with Crippen LogP contribution >= 0.6 is 0 Å². The van der Waals surface area contributed by atoms with Crippen molar-refractivity contribution in [3.63, 3.8) is 0 Å². The van der Waals surface area contributed by atoms with E-state index in [0.717, 1.165) is 84.9 Å². The highest BCUT2D eigenvalue weighted by Gasteiger charge is 2.63. The molecule has 4 aromatic rings. The lowest BCUT2D eigenvalue weighted by Gasteiger charge is -2.27. The summed E-state index contributed by atoms with van der Waals surface area (Å²) in [6.45, 7) is 0. The quantitative estimate of drug-likeness (QED) is 0.124. The number of halogens is 6. The number of para-hydroxylation sites is 2. The van der Waals surface area contributed by atoms with Crippen LogP contribution < -0.4 is 18.9 Å². The summed E-state index contributed by atoms with van der Waals surface area (Å²) >= 11 is 0. The number of ether oxygens (including phenoxy) is 4. The standard InChI is InChI=1S/C28H16F6O6/c29-17-9-13-19(14-10-17)37-25(35)21-5-1-3-7-23(21)39-27(31,32)28(33,34)40-24-8-4-2-6-22(24)26(36)38-20-15-11-18(30)12-16-20/h1-16H. The molecule has 0 aromatic heterocycles. The molecule has 0 aliphatic rings. The first-order valence-corrected chi connectivity index (χ1v) is 11.2. The van der Waals surface area contributed by atoms with Crippen molar-refractivity contribution in [1.29, 1.82) is 0 Å². The molecule has 0 atom stereocenters. The van der Waals surface area contributed by atoms with Gasteiger partial charge in [0.2, 0.25) is 0 Å². The molecule has 0 radical (unpaired) electrons. The smallest absolute Gasteiger partial charge is 0.424 e. The van der Waals surface area contributed by atoms with Crippen LogP contribution in [0.2, 0.25) is 0 Å². The van der Waals surface area contributed by atoms with Gasteiger partial charge >= 0.3 is 24.2 Å². The number of rotatable bonds is 9. The van der Waals surface area contributed by atoms with Crippen molar-refractivity contribution in [1.82, 2.24) is 0 Å². The first-order valence-electron chi connectivity index (χ1n) is 11.2. The summed E-state index contributed by atoms with van der Waals surface area (Å²) in [5.74, 6) is -6.02. The van der Waals surface area contributed by atoms with Crippen molar-refractivity contribution in [3.05, 3.63) is 120 Å². The predicted octanol–water partition coefficient (Wildman–Crippen LogP) is 7.05.